The fraction of sp³-hybridized carbons (Fsp3) is 0.571. The van der Waals surface area contributed by atoms with Crippen molar-refractivity contribution in [3.05, 3.63) is 36.2 Å². The van der Waals surface area contributed by atoms with Crippen LogP contribution in [0.4, 0.5) is 0 Å². The summed E-state index contributed by atoms with van der Waals surface area (Å²) in [4.78, 5) is 14.1. The van der Waals surface area contributed by atoms with Gasteiger partial charge in [-0.3, -0.25) is 9.36 Å². The molecule has 0 aliphatic carbocycles. The van der Waals surface area contributed by atoms with Crippen LogP contribution in [0.2, 0.25) is 0 Å². The van der Waals surface area contributed by atoms with Crippen molar-refractivity contribution in [1.29, 1.82) is 0 Å². The van der Waals surface area contributed by atoms with E-state index >= 15 is 0 Å². The minimum Gasteiger partial charge on any atom is -0.376 e. The van der Waals surface area contributed by atoms with Crippen LogP contribution in [0.1, 0.15) is 38.4 Å². The average molecular weight is 417 g/mol. The number of carbonyl (C=O) groups excluding carboxylic acids is 1. The first kappa shape index (κ1) is 20.4. The number of aromatic nitrogens is 3. The van der Waals surface area contributed by atoms with E-state index in [1.54, 1.807) is 4.90 Å². The third-order valence-electron chi connectivity index (χ3n) is 5.61. The van der Waals surface area contributed by atoms with Crippen LogP contribution in [0.25, 0.3) is 5.69 Å². The molecule has 3 heterocycles. The molecule has 2 fully saturated rings. The number of thioether (sulfide) groups is 1. The predicted octanol–water partition coefficient (Wildman–Crippen LogP) is 1.22. The number of hydrogen-bond acceptors (Lipinski definition) is 5. The highest BCUT2D eigenvalue weighted by molar-refractivity contribution is 8.00. The summed E-state index contributed by atoms with van der Waals surface area (Å²) in [5, 5.41) is 12.5. The number of hydrogen-bond donors (Lipinski definition) is 2. The van der Waals surface area contributed by atoms with E-state index in [4.69, 9.17) is 4.74 Å². The van der Waals surface area contributed by atoms with Gasteiger partial charge in [-0.25, -0.2) is 0 Å². The molecule has 2 N–H and O–H groups in total. The number of carbonyl (C=O) groups is 1. The molecule has 0 bridgehead atoms. The average Bonchev–Trinajstić information content (AvgIpc) is 3.50. The summed E-state index contributed by atoms with van der Waals surface area (Å²) < 4.78 is 7.71. The molecule has 29 heavy (non-hydrogen) atoms. The molecule has 7 nitrogen and oxygen atoms in total. The molecule has 0 spiro atoms. The molecule has 0 radical (unpaired) electrons. The first-order valence-electron chi connectivity index (χ1n) is 10.6. The second-order valence-corrected chi connectivity index (χ2v) is 9.15. The lowest BCUT2D eigenvalue weighted by molar-refractivity contribution is -0.902. The highest BCUT2D eigenvalue weighted by Gasteiger charge is 2.25. The molecule has 8 heteroatoms. The Hall–Kier alpha value is -1.90. The molecule has 2 saturated heterocycles. The van der Waals surface area contributed by atoms with Crippen LogP contribution in [-0.4, -0.2) is 58.3 Å². The van der Waals surface area contributed by atoms with Crippen molar-refractivity contribution in [3.8, 4) is 5.69 Å². The maximum atomic E-state index is 12.6. The van der Waals surface area contributed by atoms with E-state index in [1.807, 2.05) is 25.1 Å². The number of para-hydroxylation sites is 1. The van der Waals surface area contributed by atoms with Crippen molar-refractivity contribution >= 4 is 17.7 Å². The Balaban J connectivity index is 1.46. The maximum Gasteiger partial charge on any atom is 0.233 e. The van der Waals surface area contributed by atoms with Crippen LogP contribution >= 0.6 is 11.8 Å². The van der Waals surface area contributed by atoms with Crippen LogP contribution in [0.5, 0.6) is 0 Å². The number of likely N-dealkylation sites (tertiary alicyclic amines) is 1. The normalized spacial score (nSPS) is 20.8. The number of amides is 1. The zero-order chi connectivity index (χ0) is 20.1. The Morgan fingerprint density at radius 2 is 2.07 bits per heavy atom. The molecule has 0 saturated carbocycles. The van der Waals surface area contributed by atoms with Gasteiger partial charge in [-0.05, 0) is 31.9 Å². The van der Waals surface area contributed by atoms with Gasteiger partial charge in [0.25, 0.3) is 0 Å². The predicted molar refractivity (Wildman–Crippen MR) is 112 cm³/mol. The number of ether oxygens (including phenoxy) is 1. The Labute approximate surface area is 176 Å². The number of quaternary nitrogens is 1. The lowest BCUT2D eigenvalue weighted by Gasteiger charge is -2.16. The first-order valence-corrected chi connectivity index (χ1v) is 11.5. The Morgan fingerprint density at radius 1 is 1.28 bits per heavy atom. The van der Waals surface area contributed by atoms with Gasteiger partial charge in [0, 0.05) is 31.7 Å². The van der Waals surface area contributed by atoms with Gasteiger partial charge in [0.2, 0.25) is 5.91 Å². The first-order chi connectivity index (χ1) is 14.2. The zero-order valence-electron chi connectivity index (χ0n) is 17.0. The van der Waals surface area contributed by atoms with Gasteiger partial charge in [0.15, 0.2) is 11.0 Å². The molecule has 2 aromatic rings. The Bertz CT molecular complexity index is 801. The van der Waals surface area contributed by atoms with Gasteiger partial charge < -0.3 is 15.0 Å². The number of rotatable bonds is 8. The van der Waals surface area contributed by atoms with Crippen molar-refractivity contribution < 1.29 is 14.4 Å². The van der Waals surface area contributed by atoms with Gasteiger partial charge in [-0.15, -0.1) is 10.2 Å². The third-order valence-corrected chi connectivity index (χ3v) is 6.66. The van der Waals surface area contributed by atoms with Crippen LogP contribution in [0.3, 0.4) is 0 Å². The topological polar surface area (TPSA) is 73.5 Å². The molecule has 0 unspecified atom stereocenters. The van der Waals surface area contributed by atoms with E-state index in [2.05, 4.69) is 32.2 Å². The van der Waals surface area contributed by atoms with Crippen molar-refractivity contribution in [2.75, 3.05) is 26.2 Å². The van der Waals surface area contributed by atoms with E-state index in [0.29, 0.717) is 6.54 Å². The fourth-order valence-corrected chi connectivity index (χ4v) is 4.89. The number of benzene rings is 1. The van der Waals surface area contributed by atoms with Crippen LogP contribution < -0.4 is 10.2 Å². The third kappa shape index (κ3) is 5.18. The highest BCUT2D eigenvalue weighted by Crippen LogP contribution is 2.26. The Morgan fingerprint density at radius 3 is 2.79 bits per heavy atom. The molecular formula is C21H30N5O2S+. The quantitative estimate of drug-likeness (QED) is 0.633. The molecule has 2 aliphatic rings. The van der Waals surface area contributed by atoms with Crippen molar-refractivity contribution in [2.24, 2.45) is 0 Å². The summed E-state index contributed by atoms with van der Waals surface area (Å²) in [7, 11) is 0. The molecule has 1 aromatic heterocycles. The molecule has 1 amide bonds. The van der Waals surface area contributed by atoms with Gasteiger partial charge in [-0.2, -0.15) is 0 Å². The Kier molecular flexibility index (Phi) is 6.84. The van der Waals surface area contributed by atoms with Gasteiger partial charge in [-0.1, -0.05) is 30.0 Å². The largest absolute Gasteiger partial charge is 0.376 e. The molecular weight excluding hydrogens is 386 g/mol. The molecule has 2 aliphatic heterocycles. The summed E-state index contributed by atoms with van der Waals surface area (Å²) in [6.45, 7) is 6.54. The van der Waals surface area contributed by atoms with Gasteiger partial charge in [0.1, 0.15) is 6.54 Å². The van der Waals surface area contributed by atoms with E-state index in [-0.39, 0.29) is 17.3 Å². The lowest BCUT2D eigenvalue weighted by Crippen LogP contribution is -3.08. The van der Waals surface area contributed by atoms with Crippen molar-refractivity contribution in [2.45, 2.75) is 55.7 Å². The zero-order valence-corrected chi connectivity index (χ0v) is 17.8. The number of nitrogens with zero attached hydrogens (tertiary/aromatic N) is 3. The molecule has 4 rings (SSSR count). The maximum absolute atomic E-state index is 12.6. The van der Waals surface area contributed by atoms with Crippen LogP contribution in [-0.2, 0) is 16.1 Å². The molecule has 156 valence electrons. The van der Waals surface area contributed by atoms with E-state index in [0.717, 1.165) is 42.7 Å². The van der Waals surface area contributed by atoms with E-state index in [9.17, 15) is 4.79 Å². The highest BCUT2D eigenvalue weighted by atomic mass is 32.2. The second-order valence-electron chi connectivity index (χ2n) is 7.84. The fourth-order valence-electron chi connectivity index (χ4n) is 3.98. The summed E-state index contributed by atoms with van der Waals surface area (Å²) in [5.41, 5.74) is 1.04. The van der Waals surface area contributed by atoms with Crippen LogP contribution in [0.15, 0.2) is 35.5 Å². The van der Waals surface area contributed by atoms with Crippen molar-refractivity contribution in [3.63, 3.8) is 0 Å². The minimum atomic E-state index is -0.255. The van der Waals surface area contributed by atoms with E-state index in [1.165, 1.54) is 37.7 Å². The summed E-state index contributed by atoms with van der Waals surface area (Å²) in [6, 6.07) is 10.2. The standard InChI is InChI=1S/C21H29N5O2S/c1-16(20(27)22-14-18-10-7-13-28-18)29-21-24-23-19(15-25-11-5-6-12-25)26(21)17-8-3-2-4-9-17/h2-4,8-9,16,18H,5-7,10-15H2,1H3,(H,22,27)/p+1/t16-,18+/m0/s1. The van der Waals surface area contributed by atoms with Crippen LogP contribution in [0, 0.1) is 0 Å². The smallest absolute Gasteiger partial charge is 0.233 e. The summed E-state index contributed by atoms with van der Waals surface area (Å²) >= 11 is 1.46. The monoisotopic (exact) mass is 416 g/mol. The van der Waals surface area contributed by atoms with Gasteiger partial charge in [0.05, 0.1) is 24.4 Å². The van der Waals surface area contributed by atoms with Crippen molar-refractivity contribution in [1.82, 2.24) is 20.1 Å². The lowest BCUT2D eigenvalue weighted by atomic mass is 10.2. The second kappa shape index (κ2) is 9.73. The molecule has 1 aromatic carbocycles. The summed E-state index contributed by atoms with van der Waals surface area (Å²) in [5.74, 6) is 0.974. The molecule has 2 atom stereocenters. The van der Waals surface area contributed by atoms with E-state index < -0.39 is 0 Å². The SMILES string of the molecule is C[C@H](Sc1nnc(C[NH+]2CCCC2)n1-c1ccccc1)C(=O)NC[C@H]1CCCO1. The number of nitrogens with one attached hydrogen (secondary N) is 2. The minimum absolute atomic E-state index is 0.0137. The van der Waals surface area contributed by atoms with Gasteiger partial charge >= 0.3 is 0 Å². The summed E-state index contributed by atoms with van der Waals surface area (Å²) in [6.07, 6.45) is 4.80.